The van der Waals surface area contributed by atoms with Gasteiger partial charge in [-0.25, -0.2) is 0 Å². The van der Waals surface area contributed by atoms with E-state index in [1.807, 2.05) is 7.05 Å². The number of likely N-dealkylation sites (N-methyl/N-ethyl adjacent to an activating group) is 2. The molecular weight excluding hydrogens is 248 g/mol. The number of nitrogens with one attached hydrogen (secondary N) is 1. The lowest BCUT2D eigenvalue weighted by atomic mass is 9.89. The second kappa shape index (κ2) is 6.70. The van der Waals surface area contributed by atoms with Gasteiger partial charge in [-0.2, -0.15) is 0 Å². The van der Waals surface area contributed by atoms with Crippen molar-refractivity contribution in [1.29, 1.82) is 0 Å². The first-order chi connectivity index (χ1) is 9.58. The number of hydrogen-bond donors (Lipinski definition) is 1. The van der Waals surface area contributed by atoms with Gasteiger partial charge in [0.15, 0.2) is 0 Å². The number of nitrogens with zero attached hydrogens (tertiary/aromatic N) is 1. The molecule has 112 valence electrons. The first-order valence-electron chi connectivity index (χ1n) is 7.66. The standard InChI is InChI=1S/C17H28N2O/c1-6-19-7-8-20-15(11-18-5)17(19)16-13(3)9-12(2)10-14(16)4/h9-10,15,17-18H,6-8,11H2,1-5H3. The smallest absolute Gasteiger partial charge is 0.0896 e. The van der Waals surface area contributed by atoms with Crippen LogP contribution in [0.3, 0.4) is 0 Å². The van der Waals surface area contributed by atoms with E-state index < -0.39 is 0 Å². The third-order valence-corrected chi connectivity index (χ3v) is 4.30. The highest BCUT2D eigenvalue weighted by Crippen LogP contribution is 2.34. The zero-order valence-electron chi connectivity index (χ0n) is 13.5. The topological polar surface area (TPSA) is 24.5 Å². The second-order valence-corrected chi connectivity index (χ2v) is 5.85. The van der Waals surface area contributed by atoms with E-state index in [9.17, 15) is 0 Å². The van der Waals surface area contributed by atoms with Crippen LogP contribution in [0.1, 0.15) is 35.2 Å². The van der Waals surface area contributed by atoms with Gasteiger partial charge < -0.3 is 10.1 Å². The van der Waals surface area contributed by atoms with Crippen LogP contribution in [0.25, 0.3) is 0 Å². The summed E-state index contributed by atoms with van der Waals surface area (Å²) in [6.45, 7) is 12.7. The molecule has 1 aliphatic heterocycles. The van der Waals surface area contributed by atoms with E-state index in [-0.39, 0.29) is 6.10 Å². The Balaban J connectivity index is 2.43. The van der Waals surface area contributed by atoms with E-state index >= 15 is 0 Å². The second-order valence-electron chi connectivity index (χ2n) is 5.85. The molecule has 0 bridgehead atoms. The van der Waals surface area contributed by atoms with E-state index in [1.54, 1.807) is 0 Å². The van der Waals surface area contributed by atoms with Crippen molar-refractivity contribution in [3.05, 3.63) is 34.4 Å². The Bertz CT molecular complexity index is 433. The minimum atomic E-state index is 0.230. The summed E-state index contributed by atoms with van der Waals surface area (Å²) < 4.78 is 6.05. The summed E-state index contributed by atoms with van der Waals surface area (Å²) in [5.74, 6) is 0. The summed E-state index contributed by atoms with van der Waals surface area (Å²) in [5.41, 5.74) is 5.57. The van der Waals surface area contributed by atoms with Crippen molar-refractivity contribution in [2.45, 2.75) is 39.8 Å². The van der Waals surface area contributed by atoms with Gasteiger partial charge in [0.2, 0.25) is 0 Å². The van der Waals surface area contributed by atoms with Crippen LogP contribution in [0.15, 0.2) is 12.1 Å². The molecular formula is C17H28N2O. The van der Waals surface area contributed by atoms with Gasteiger partial charge in [-0.15, -0.1) is 0 Å². The molecule has 1 heterocycles. The molecule has 20 heavy (non-hydrogen) atoms. The summed E-state index contributed by atoms with van der Waals surface area (Å²) in [6, 6.07) is 4.95. The Morgan fingerprint density at radius 1 is 1.25 bits per heavy atom. The highest BCUT2D eigenvalue weighted by molar-refractivity contribution is 5.40. The number of aryl methyl sites for hydroxylation is 3. The lowest BCUT2D eigenvalue weighted by Gasteiger charge is -2.42. The van der Waals surface area contributed by atoms with Crippen molar-refractivity contribution >= 4 is 0 Å². The van der Waals surface area contributed by atoms with E-state index in [0.29, 0.717) is 6.04 Å². The molecule has 2 unspecified atom stereocenters. The molecule has 2 atom stereocenters. The molecule has 1 aromatic rings. The van der Waals surface area contributed by atoms with Gasteiger partial charge in [-0.1, -0.05) is 24.6 Å². The maximum absolute atomic E-state index is 6.05. The normalized spacial score (nSPS) is 24.1. The SMILES string of the molecule is CCN1CCOC(CNC)C1c1c(C)cc(C)cc1C. The number of benzene rings is 1. The van der Waals surface area contributed by atoms with Crippen LogP contribution in [0, 0.1) is 20.8 Å². The Morgan fingerprint density at radius 2 is 1.90 bits per heavy atom. The number of hydrogen-bond acceptors (Lipinski definition) is 3. The van der Waals surface area contributed by atoms with Crippen LogP contribution < -0.4 is 5.32 Å². The highest BCUT2D eigenvalue weighted by atomic mass is 16.5. The van der Waals surface area contributed by atoms with Gasteiger partial charge in [-0.05, 0) is 51.1 Å². The van der Waals surface area contributed by atoms with Crippen molar-refractivity contribution in [1.82, 2.24) is 10.2 Å². The number of rotatable bonds is 4. The third-order valence-electron chi connectivity index (χ3n) is 4.30. The van der Waals surface area contributed by atoms with Crippen LogP contribution >= 0.6 is 0 Å². The summed E-state index contributed by atoms with van der Waals surface area (Å²) in [5, 5.41) is 3.28. The number of ether oxygens (including phenoxy) is 1. The van der Waals surface area contributed by atoms with Gasteiger partial charge in [0.25, 0.3) is 0 Å². The molecule has 1 aliphatic rings. The Kier molecular flexibility index (Phi) is 5.19. The fourth-order valence-corrected chi connectivity index (χ4v) is 3.54. The lowest BCUT2D eigenvalue weighted by Crippen LogP contribution is -2.49. The zero-order chi connectivity index (χ0) is 14.7. The van der Waals surface area contributed by atoms with Crippen LogP contribution in [0.4, 0.5) is 0 Å². The van der Waals surface area contributed by atoms with Crippen molar-refractivity contribution in [3.63, 3.8) is 0 Å². The summed E-state index contributed by atoms with van der Waals surface area (Å²) in [6.07, 6.45) is 0.230. The molecule has 1 saturated heterocycles. The minimum Gasteiger partial charge on any atom is -0.374 e. The summed E-state index contributed by atoms with van der Waals surface area (Å²) >= 11 is 0. The number of morpholine rings is 1. The maximum Gasteiger partial charge on any atom is 0.0896 e. The first-order valence-corrected chi connectivity index (χ1v) is 7.66. The largest absolute Gasteiger partial charge is 0.374 e. The van der Waals surface area contributed by atoms with Crippen molar-refractivity contribution in [2.75, 3.05) is 33.3 Å². The predicted octanol–water partition coefficient (Wildman–Crippen LogP) is 2.59. The average molecular weight is 276 g/mol. The molecule has 3 heteroatoms. The van der Waals surface area contributed by atoms with Gasteiger partial charge in [0.05, 0.1) is 18.8 Å². The van der Waals surface area contributed by atoms with Gasteiger partial charge in [-0.3, -0.25) is 4.90 Å². The summed E-state index contributed by atoms with van der Waals surface area (Å²) in [7, 11) is 2.00. The maximum atomic E-state index is 6.05. The average Bonchev–Trinajstić information content (AvgIpc) is 2.39. The predicted molar refractivity (Wildman–Crippen MR) is 84.3 cm³/mol. The van der Waals surface area contributed by atoms with E-state index in [2.05, 4.69) is 50.0 Å². The molecule has 1 N–H and O–H groups in total. The van der Waals surface area contributed by atoms with Crippen LogP contribution in [-0.2, 0) is 4.74 Å². The Hall–Kier alpha value is -0.900. The van der Waals surface area contributed by atoms with Crippen LogP contribution in [-0.4, -0.2) is 44.3 Å². The van der Waals surface area contributed by atoms with Crippen molar-refractivity contribution < 1.29 is 4.74 Å². The monoisotopic (exact) mass is 276 g/mol. The molecule has 1 fully saturated rings. The highest BCUT2D eigenvalue weighted by Gasteiger charge is 2.34. The van der Waals surface area contributed by atoms with E-state index in [1.165, 1.54) is 22.3 Å². The van der Waals surface area contributed by atoms with E-state index in [4.69, 9.17) is 4.74 Å². The quantitative estimate of drug-likeness (QED) is 0.915. The van der Waals surface area contributed by atoms with Gasteiger partial charge in [0, 0.05) is 13.1 Å². The van der Waals surface area contributed by atoms with Gasteiger partial charge in [0.1, 0.15) is 0 Å². The molecule has 2 rings (SSSR count). The molecule has 0 spiro atoms. The van der Waals surface area contributed by atoms with E-state index in [0.717, 1.165) is 26.2 Å². The molecule has 0 saturated carbocycles. The van der Waals surface area contributed by atoms with Crippen molar-refractivity contribution in [3.8, 4) is 0 Å². The van der Waals surface area contributed by atoms with Crippen LogP contribution in [0.2, 0.25) is 0 Å². The fourth-order valence-electron chi connectivity index (χ4n) is 3.54. The van der Waals surface area contributed by atoms with Crippen LogP contribution in [0.5, 0.6) is 0 Å². The minimum absolute atomic E-state index is 0.230. The van der Waals surface area contributed by atoms with Crippen molar-refractivity contribution in [2.24, 2.45) is 0 Å². The molecule has 1 aromatic carbocycles. The van der Waals surface area contributed by atoms with Gasteiger partial charge >= 0.3 is 0 Å². The summed E-state index contributed by atoms with van der Waals surface area (Å²) in [4.78, 5) is 2.55. The molecule has 0 radical (unpaired) electrons. The molecule has 0 amide bonds. The lowest BCUT2D eigenvalue weighted by molar-refractivity contribution is -0.0690. The fraction of sp³-hybridized carbons (Fsp3) is 0.647. The molecule has 0 aromatic heterocycles. The zero-order valence-corrected chi connectivity index (χ0v) is 13.5. The Morgan fingerprint density at radius 3 is 2.45 bits per heavy atom. The molecule has 0 aliphatic carbocycles. The third kappa shape index (κ3) is 3.05. The molecule has 3 nitrogen and oxygen atoms in total. The Labute approximate surface area is 123 Å². The first kappa shape index (κ1) is 15.5.